The molecule has 2 N–H and O–H groups in total. The van der Waals surface area contributed by atoms with Crippen molar-refractivity contribution in [1.29, 1.82) is 0 Å². The molecule has 1 atom stereocenters. The summed E-state index contributed by atoms with van der Waals surface area (Å²) in [5, 5.41) is 5.65. The highest BCUT2D eigenvalue weighted by atomic mass is 19.3. The Morgan fingerprint density at radius 2 is 1.93 bits per heavy atom. The predicted octanol–water partition coefficient (Wildman–Crippen LogP) is 3.80. The fraction of sp³-hybridized carbons (Fsp3) is 0.409. The number of ether oxygens (including phenoxy) is 1. The number of carbonyl (C=O) groups is 2. The zero-order valence-electron chi connectivity index (χ0n) is 17.5. The second kappa shape index (κ2) is 10.2. The van der Waals surface area contributed by atoms with E-state index >= 15 is 0 Å². The summed E-state index contributed by atoms with van der Waals surface area (Å²) < 4.78 is 30.1. The maximum atomic E-state index is 13.5. The smallest absolute Gasteiger partial charge is 0.388 e. The van der Waals surface area contributed by atoms with E-state index in [4.69, 9.17) is 0 Å². The van der Waals surface area contributed by atoms with Gasteiger partial charge in [0.25, 0.3) is 0 Å². The van der Waals surface area contributed by atoms with E-state index in [-0.39, 0.29) is 30.5 Å². The van der Waals surface area contributed by atoms with Crippen molar-refractivity contribution in [3.05, 3.63) is 53.2 Å². The van der Waals surface area contributed by atoms with Crippen molar-refractivity contribution in [3.8, 4) is 5.88 Å². The summed E-state index contributed by atoms with van der Waals surface area (Å²) in [6.45, 7) is 2.71. The molecule has 1 aromatic carbocycles. The number of aromatic nitrogens is 1. The lowest BCUT2D eigenvalue weighted by molar-refractivity contribution is -0.124. The molecule has 30 heavy (non-hydrogen) atoms. The lowest BCUT2D eigenvalue weighted by atomic mass is 9.73. The average molecular weight is 419 g/mol. The van der Waals surface area contributed by atoms with Crippen molar-refractivity contribution >= 4 is 17.9 Å². The zero-order valence-corrected chi connectivity index (χ0v) is 17.5. The van der Waals surface area contributed by atoms with Crippen LogP contribution in [0.5, 0.6) is 5.88 Å². The predicted molar refractivity (Wildman–Crippen MR) is 111 cm³/mol. The minimum Gasteiger partial charge on any atom is -0.415 e. The van der Waals surface area contributed by atoms with Gasteiger partial charge < -0.3 is 20.2 Å². The van der Waals surface area contributed by atoms with Crippen LogP contribution in [0.2, 0.25) is 0 Å². The molecule has 6 nitrogen and oxygen atoms in total. The standard InChI is InChI=1S/C22H27F2N3O3/c1-14(2)16-7-5-6-8-17(16)22(11-12-28,13-25-4)20(29)27-18-10-9-15(3)26-19(18)30-21(23)24/h5-10,12,14,21,25H,11,13H2,1-4H3,(H,27,29). The van der Waals surface area contributed by atoms with Gasteiger partial charge in [0, 0.05) is 18.7 Å². The van der Waals surface area contributed by atoms with Gasteiger partial charge in [-0.3, -0.25) is 4.79 Å². The zero-order chi connectivity index (χ0) is 22.3. The number of likely N-dealkylation sites (N-methyl/N-ethyl adjacent to an activating group) is 1. The molecule has 1 aromatic heterocycles. The Morgan fingerprint density at radius 1 is 1.23 bits per heavy atom. The van der Waals surface area contributed by atoms with Crippen molar-refractivity contribution in [2.24, 2.45) is 0 Å². The van der Waals surface area contributed by atoms with Crippen LogP contribution in [0.4, 0.5) is 14.5 Å². The van der Waals surface area contributed by atoms with Gasteiger partial charge in [0.1, 0.15) is 12.0 Å². The van der Waals surface area contributed by atoms with Gasteiger partial charge in [-0.2, -0.15) is 8.78 Å². The lowest BCUT2D eigenvalue weighted by Crippen LogP contribution is -2.48. The fourth-order valence-electron chi connectivity index (χ4n) is 3.50. The molecule has 0 aliphatic carbocycles. The largest absolute Gasteiger partial charge is 0.415 e. The molecule has 0 bridgehead atoms. The van der Waals surface area contributed by atoms with Gasteiger partial charge in [-0.1, -0.05) is 38.1 Å². The summed E-state index contributed by atoms with van der Waals surface area (Å²) in [6, 6.07) is 10.5. The quantitative estimate of drug-likeness (QED) is 0.573. The van der Waals surface area contributed by atoms with Gasteiger partial charge in [-0.25, -0.2) is 4.98 Å². The van der Waals surface area contributed by atoms with E-state index in [2.05, 4.69) is 20.4 Å². The monoisotopic (exact) mass is 419 g/mol. The number of hydrogen-bond donors (Lipinski definition) is 2. The summed E-state index contributed by atoms with van der Waals surface area (Å²) in [5.74, 6) is -0.780. The van der Waals surface area contributed by atoms with Crippen LogP contribution in [0.3, 0.4) is 0 Å². The number of benzene rings is 1. The third-order valence-electron chi connectivity index (χ3n) is 4.89. The van der Waals surface area contributed by atoms with Crippen LogP contribution in [-0.4, -0.2) is 37.4 Å². The summed E-state index contributed by atoms with van der Waals surface area (Å²) in [5.41, 5.74) is 0.860. The third-order valence-corrected chi connectivity index (χ3v) is 4.89. The summed E-state index contributed by atoms with van der Waals surface area (Å²) in [6.07, 6.45) is 0.603. The number of alkyl halides is 2. The molecule has 0 saturated heterocycles. The summed E-state index contributed by atoms with van der Waals surface area (Å²) in [4.78, 5) is 29.1. The number of aryl methyl sites for hydroxylation is 1. The molecule has 0 fully saturated rings. The molecule has 0 spiro atoms. The number of aldehydes is 1. The van der Waals surface area contributed by atoms with Crippen molar-refractivity contribution in [3.63, 3.8) is 0 Å². The molecule has 0 radical (unpaired) electrons. The number of hydrogen-bond acceptors (Lipinski definition) is 5. The number of rotatable bonds is 10. The molecule has 0 aliphatic heterocycles. The number of nitrogens with one attached hydrogen (secondary N) is 2. The lowest BCUT2D eigenvalue weighted by Gasteiger charge is -2.34. The topological polar surface area (TPSA) is 80.3 Å². The van der Waals surface area contributed by atoms with E-state index in [1.54, 1.807) is 20.0 Å². The number of pyridine rings is 1. The van der Waals surface area contributed by atoms with E-state index in [0.717, 1.165) is 5.56 Å². The van der Waals surface area contributed by atoms with Crippen LogP contribution in [0, 0.1) is 6.92 Å². The van der Waals surface area contributed by atoms with Crippen molar-refractivity contribution < 1.29 is 23.1 Å². The molecular weight excluding hydrogens is 392 g/mol. The first kappa shape index (κ1) is 23.4. The third kappa shape index (κ3) is 5.18. The first-order chi connectivity index (χ1) is 14.2. The van der Waals surface area contributed by atoms with Crippen LogP contribution < -0.4 is 15.4 Å². The maximum Gasteiger partial charge on any atom is 0.388 e. The van der Waals surface area contributed by atoms with E-state index in [9.17, 15) is 18.4 Å². The molecule has 0 saturated carbocycles. The number of amides is 1. The van der Waals surface area contributed by atoms with Crippen LogP contribution in [0.15, 0.2) is 36.4 Å². The van der Waals surface area contributed by atoms with Gasteiger partial charge in [-0.15, -0.1) is 0 Å². The maximum absolute atomic E-state index is 13.5. The van der Waals surface area contributed by atoms with E-state index < -0.39 is 17.9 Å². The number of carbonyl (C=O) groups excluding carboxylic acids is 2. The first-order valence-electron chi connectivity index (χ1n) is 9.66. The second-order valence-electron chi connectivity index (χ2n) is 7.36. The Balaban J connectivity index is 2.57. The fourth-order valence-corrected chi connectivity index (χ4v) is 3.50. The Kier molecular flexibility index (Phi) is 8.00. The average Bonchev–Trinajstić information content (AvgIpc) is 2.69. The highest BCUT2D eigenvalue weighted by Crippen LogP contribution is 2.35. The normalized spacial score (nSPS) is 13.2. The Hall–Kier alpha value is -2.87. The minimum absolute atomic E-state index is 0.0132. The highest BCUT2D eigenvalue weighted by Gasteiger charge is 2.41. The van der Waals surface area contributed by atoms with Gasteiger partial charge >= 0.3 is 6.61 Å². The Morgan fingerprint density at radius 3 is 2.53 bits per heavy atom. The Bertz CT molecular complexity index is 890. The number of anilines is 1. The minimum atomic E-state index is -3.09. The van der Waals surface area contributed by atoms with E-state index in [1.165, 1.54) is 6.07 Å². The van der Waals surface area contributed by atoms with E-state index in [0.29, 0.717) is 17.5 Å². The van der Waals surface area contributed by atoms with E-state index in [1.807, 2.05) is 38.1 Å². The number of nitrogens with zero attached hydrogens (tertiary/aromatic N) is 1. The number of halogens is 2. The first-order valence-corrected chi connectivity index (χ1v) is 9.66. The van der Waals surface area contributed by atoms with Gasteiger partial charge in [0.2, 0.25) is 11.8 Å². The van der Waals surface area contributed by atoms with Crippen molar-refractivity contribution in [1.82, 2.24) is 10.3 Å². The van der Waals surface area contributed by atoms with Crippen molar-refractivity contribution in [2.75, 3.05) is 18.9 Å². The molecule has 1 unspecified atom stereocenters. The van der Waals surface area contributed by atoms with Gasteiger partial charge in [0.05, 0.1) is 5.41 Å². The molecule has 0 aliphatic rings. The molecular formula is C22H27F2N3O3. The molecule has 8 heteroatoms. The molecule has 2 aromatic rings. The SMILES string of the molecule is CNCC(CC=O)(C(=O)Nc1ccc(C)nc1OC(F)F)c1ccccc1C(C)C. The van der Waals surface area contributed by atoms with Crippen LogP contribution in [0.25, 0.3) is 0 Å². The molecule has 2 rings (SSSR count). The van der Waals surface area contributed by atoms with Gasteiger partial charge in [0.15, 0.2) is 0 Å². The molecule has 1 heterocycles. The highest BCUT2D eigenvalue weighted by molar-refractivity contribution is 6.01. The van der Waals surface area contributed by atoms with Crippen LogP contribution in [-0.2, 0) is 15.0 Å². The van der Waals surface area contributed by atoms with Crippen LogP contribution in [0.1, 0.15) is 43.0 Å². The summed E-state index contributed by atoms with van der Waals surface area (Å²) in [7, 11) is 1.68. The van der Waals surface area contributed by atoms with Crippen molar-refractivity contribution in [2.45, 2.75) is 45.1 Å². The van der Waals surface area contributed by atoms with Gasteiger partial charge in [-0.05, 0) is 43.1 Å². The second-order valence-corrected chi connectivity index (χ2v) is 7.36. The Labute approximate surface area is 175 Å². The summed E-state index contributed by atoms with van der Waals surface area (Å²) >= 11 is 0. The molecule has 1 amide bonds. The van der Waals surface area contributed by atoms with Crippen LogP contribution >= 0.6 is 0 Å². The molecule has 162 valence electrons.